The van der Waals surface area contributed by atoms with Crippen LogP contribution in [0.15, 0.2) is 29.2 Å². The molecule has 2 heterocycles. The predicted molar refractivity (Wildman–Crippen MR) is 70.2 cm³/mol. The molecule has 1 atom stereocenters. The molecule has 0 unspecified atom stereocenters. The number of amides is 1. The molecule has 0 saturated heterocycles. The van der Waals surface area contributed by atoms with Crippen LogP contribution in [-0.4, -0.2) is 23.1 Å². The van der Waals surface area contributed by atoms with E-state index in [1.807, 2.05) is 6.26 Å². The van der Waals surface area contributed by atoms with Crippen molar-refractivity contribution in [2.75, 3.05) is 18.1 Å². The monoisotopic (exact) mass is 256 g/mol. The molecule has 1 aromatic rings. The van der Waals surface area contributed by atoms with Crippen LogP contribution < -0.4 is 5.32 Å². The van der Waals surface area contributed by atoms with Gasteiger partial charge < -0.3 is 5.32 Å². The van der Waals surface area contributed by atoms with Crippen molar-refractivity contribution >= 4 is 39.5 Å². The van der Waals surface area contributed by atoms with Gasteiger partial charge in [0.15, 0.2) is 0 Å². The third-order valence-electron chi connectivity index (χ3n) is 2.56. The van der Waals surface area contributed by atoms with Gasteiger partial charge in [0.2, 0.25) is 5.91 Å². The maximum Gasteiger partial charge on any atom is 0.247 e. The summed E-state index contributed by atoms with van der Waals surface area (Å²) in [4.78, 5) is 16.6. The standard InChI is InChI=1S/C11H10N2OS2/c1-15-10-12-6-11(16-10)7-4-2-3-5-8(7)13-9(11)14/h2-5H,6H2,1H3,(H,13,14)/t11-/m0/s1/i2D,3D,4D,5D,16+2. The van der Waals surface area contributed by atoms with Crippen molar-refractivity contribution in [1.29, 1.82) is 0 Å². The minimum Gasteiger partial charge on any atom is -0.324 e. The van der Waals surface area contributed by atoms with E-state index in [0.29, 0.717) is 5.56 Å². The van der Waals surface area contributed by atoms with E-state index < -0.39 is 4.75 Å². The number of para-hydroxylation sites is 1. The molecule has 0 bridgehead atoms. The Balaban J connectivity index is 2.24. The first-order valence-corrected chi connectivity index (χ1v) is 6.66. The molecule has 0 aromatic heterocycles. The minimum absolute atomic E-state index is 0.163. The van der Waals surface area contributed by atoms with Crippen LogP contribution in [0.3, 0.4) is 0 Å². The molecule has 1 amide bonds. The number of anilines is 1. The van der Waals surface area contributed by atoms with Crippen molar-refractivity contribution in [2.24, 2.45) is 4.99 Å². The number of aliphatic imine (C=N–C) groups is 1. The highest BCUT2D eigenvalue weighted by Gasteiger charge is 2.50. The number of benzene rings is 1. The van der Waals surface area contributed by atoms with Crippen LogP contribution >= 0.6 is 23.5 Å². The predicted octanol–water partition coefficient (Wildman–Crippen LogP) is 2.30. The van der Waals surface area contributed by atoms with E-state index in [9.17, 15) is 4.79 Å². The topological polar surface area (TPSA) is 41.5 Å². The molecule has 0 radical (unpaired) electrons. The molecule has 0 saturated carbocycles. The minimum atomic E-state index is -1.05. The third-order valence-corrected chi connectivity index (χ3v) is 4.96. The van der Waals surface area contributed by atoms with Crippen molar-refractivity contribution in [3.05, 3.63) is 29.7 Å². The van der Waals surface area contributed by atoms with E-state index in [4.69, 9.17) is 5.48 Å². The highest BCUT2D eigenvalue weighted by Crippen LogP contribution is 2.50. The molecule has 0 fully saturated rings. The van der Waals surface area contributed by atoms with Crippen LogP contribution in [0.5, 0.6) is 0 Å². The number of nitrogens with zero attached hydrogens (tertiary/aromatic N) is 1. The Morgan fingerprint density at radius 2 is 2.44 bits per heavy atom. The zero-order chi connectivity index (χ0) is 14.7. The summed E-state index contributed by atoms with van der Waals surface area (Å²) in [6.07, 6.45) is 1.86. The van der Waals surface area contributed by atoms with E-state index in [-0.39, 0.29) is 42.3 Å². The van der Waals surface area contributed by atoms with Crippen molar-refractivity contribution < 1.29 is 10.3 Å². The Labute approximate surface area is 108 Å². The zero-order valence-electron chi connectivity index (χ0n) is 12.4. The number of fused-ring (bicyclic) bond motifs is 2. The maximum absolute atomic E-state index is 12.3. The number of hydrogen-bond donors (Lipinski definition) is 1. The fraction of sp³-hybridized carbons (Fsp3) is 0.273. The molecule has 2 aliphatic rings. The second kappa shape index (κ2) is 3.53. The summed E-state index contributed by atoms with van der Waals surface area (Å²) in [5, 5.41) is 2.60. The Hall–Kier alpha value is -0.940. The van der Waals surface area contributed by atoms with Crippen molar-refractivity contribution in [1.82, 2.24) is 0 Å². The summed E-state index contributed by atoms with van der Waals surface area (Å²) >= 11 is 2.69. The molecule has 3 nitrogen and oxygen atoms in total. The Morgan fingerprint density at radius 3 is 3.19 bits per heavy atom. The normalized spacial score (nSPS) is 30.3. The van der Waals surface area contributed by atoms with Gasteiger partial charge in [0, 0.05) is 11.3 Å². The lowest BCUT2D eigenvalue weighted by atomic mass is 10.0. The van der Waals surface area contributed by atoms with Gasteiger partial charge in [0.05, 0.1) is 12.0 Å². The first kappa shape index (κ1) is 6.71. The average Bonchev–Trinajstić information content (AvgIpc) is 2.98. The smallest absolute Gasteiger partial charge is 0.247 e. The highest BCUT2D eigenvalue weighted by atomic mass is 34.1. The van der Waals surface area contributed by atoms with Crippen molar-refractivity contribution in [3.63, 3.8) is 0 Å². The Bertz CT molecular complexity index is 679. The van der Waals surface area contributed by atoms with E-state index in [2.05, 4.69) is 10.3 Å². The van der Waals surface area contributed by atoms with Gasteiger partial charge in [-0.15, -0.1) is 11.8 Å². The molecule has 1 spiro atoms. The van der Waals surface area contributed by atoms with Gasteiger partial charge in [-0.2, -0.15) is 0 Å². The summed E-state index contributed by atoms with van der Waals surface area (Å²) in [6.45, 7) is 0.203. The lowest BCUT2D eigenvalue weighted by Gasteiger charge is -2.18. The van der Waals surface area contributed by atoms with E-state index in [1.54, 1.807) is 0 Å². The molecule has 16 heavy (non-hydrogen) atoms. The number of nitrogens with one attached hydrogen (secondary N) is 1. The van der Waals surface area contributed by atoms with Crippen molar-refractivity contribution in [3.8, 4) is 0 Å². The summed E-state index contributed by atoms with van der Waals surface area (Å²) in [6, 6.07) is -1.02. The van der Waals surface area contributed by atoms with Crippen molar-refractivity contribution in [2.45, 2.75) is 4.75 Å². The quantitative estimate of drug-likeness (QED) is 0.724. The van der Waals surface area contributed by atoms with Gasteiger partial charge in [-0.1, -0.05) is 29.9 Å². The summed E-state index contributed by atoms with van der Waals surface area (Å²) in [7, 11) is 0. The number of carbonyl (C=O) groups is 1. The van der Waals surface area contributed by atoms with E-state index >= 15 is 0 Å². The van der Waals surface area contributed by atoms with Crippen LogP contribution in [0.25, 0.3) is 0 Å². The van der Waals surface area contributed by atoms with E-state index in [1.165, 1.54) is 23.5 Å². The largest absolute Gasteiger partial charge is 0.324 e. The number of hydrogen-bond acceptors (Lipinski definition) is 4. The summed E-state index contributed by atoms with van der Waals surface area (Å²) < 4.78 is 31.1. The first-order chi connectivity index (χ1) is 9.42. The maximum atomic E-state index is 12.3. The number of rotatable bonds is 0. The first-order valence-electron chi connectivity index (χ1n) is 6.62. The highest BCUT2D eigenvalue weighted by molar-refractivity contribution is 8.39. The van der Waals surface area contributed by atoms with Crippen LogP contribution in [0, 0.1) is 0 Å². The molecule has 0 aliphatic carbocycles. The summed E-state index contributed by atoms with van der Waals surface area (Å²) in [5.74, 6) is -0.322. The van der Waals surface area contributed by atoms with Crippen LogP contribution in [-0.2, 0) is 9.54 Å². The Kier molecular flexibility index (Phi) is 1.48. The second-order valence-corrected chi connectivity index (χ2v) is 5.76. The summed E-state index contributed by atoms with van der Waals surface area (Å²) in [5.41, 5.74) is 0.511. The fourth-order valence-corrected chi connectivity index (χ4v) is 3.69. The van der Waals surface area contributed by atoms with Crippen LogP contribution in [0.2, 0.25) is 0 Å². The van der Waals surface area contributed by atoms with Gasteiger partial charge in [0.25, 0.3) is 0 Å². The van der Waals surface area contributed by atoms with E-state index in [0.717, 1.165) is 4.38 Å². The van der Waals surface area contributed by atoms with Gasteiger partial charge in [-0.25, -0.2) is 0 Å². The molecule has 82 valence electrons. The number of thioether (sulfide) groups is 2. The van der Waals surface area contributed by atoms with Gasteiger partial charge in [-0.3, -0.25) is 9.79 Å². The SMILES string of the molecule is [2H]c1c([2H])c([2H])c2c(c1[2H])NC(=O)[C@]21CN=C(SC)[34S]1. The number of carbonyl (C=O) groups excluding carboxylic acids is 1. The van der Waals surface area contributed by atoms with Gasteiger partial charge in [-0.05, 0) is 12.3 Å². The molecular formula is C11H10N2OS2. The molecule has 2 aliphatic heterocycles. The third kappa shape index (κ3) is 1.25. The van der Waals surface area contributed by atoms with Gasteiger partial charge >= 0.3 is 0 Å². The van der Waals surface area contributed by atoms with Crippen LogP contribution in [0.4, 0.5) is 5.69 Å². The lowest BCUT2D eigenvalue weighted by molar-refractivity contribution is -0.117. The van der Waals surface area contributed by atoms with Gasteiger partial charge in [0.1, 0.15) is 9.12 Å². The Morgan fingerprint density at radius 1 is 1.62 bits per heavy atom. The molecule has 3 rings (SSSR count). The lowest BCUT2D eigenvalue weighted by Crippen LogP contribution is -2.31. The molecule has 1 aromatic carbocycles. The second-order valence-electron chi connectivity index (χ2n) is 3.42. The molecule has 1 N–H and O–H groups in total. The molecule has 5 heteroatoms. The molecular weight excluding hydrogens is 242 g/mol. The fourth-order valence-electron chi connectivity index (χ4n) is 1.78. The van der Waals surface area contributed by atoms with Crippen LogP contribution in [0.1, 0.15) is 11.0 Å². The average molecular weight is 256 g/mol. The zero-order valence-corrected chi connectivity index (χ0v) is 10.0.